The second-order valence-electron chi connectivity index (χ2n) is 3.28. The predicted octanol–water partition coefficient (Wildman–Crippen LogP) is 2.73. The van der Waals surface area contributed by atoms with Crippen molar-refractivity contribution in [1.29, 1.82) is 0 Å². The first-order chi connectivity index (χ1) is 7.29. The van der Waals surface area contributed by atoms with Crippen molar-refractivity contribution in [3.05, 3.63) is 59.6 Å². The molecular weight excluding hydrogens is 210 g/mol. The van der Waals surface area contributed by atoms with Crippen LogP contribution in [-0.2, 0) is 5.88 Å². The minimum Gasteiger partial charge on any atom is -0.619 e. The lowest BCUT2D eigenvalue weighted by molar-refractivity contribution is -0.605. The van der Waals surface area contributed by atoms with E-state index in [1.807, 2.05) is 24.3 Å². The van der Waals surface area contributed by atoms with Gasteiger partial charge in [0.15, 0.2) is 12.4 Å². The van der Waals surface area contributed by atoms with Gasteiger partial charge in [0.2, 0.25) is 0 Å². The molecule has 0 unspecified atom stereocenters. The summed E-state index contributed by atoms with van der Waals surface area (Å²) < 4.78 is 0.774. The van der Waals surface area contributed by atoms with E-state index in [0.29, 0.717) is 5.88 Å². The van der Waals surface area contributed by atoms with Gasteiger partial charge in [0.05, 0.1) is 0 Å². The molecule has 0 amide bonds. The lowest BCUT2D eigenvalue weighted by Gasteiger charge is -2.02. The SMILES string of the molecule is [O-][n+]1ccc(-c2ccc(CCl)cc2)cc1. The highest BCUT2D eigenvalue weighted by molar-refractivity contribution is 6.17. The Balaban J connectivity index is 2.33. The monoisotopic (exact) mass is 219 g/mol. The predicted molar refractivity (Wildman–Crippen MR) is 60.4 cm³/mol. The highest BCUT2D eigenvalue weighted by Gasteiger charge is 1.99. The van der Waals surface area contributed by atoms with Crippen LogP contribution in [-0.4, -0.2) is 0 Å². The fourth-order valence-corrected chi connectivity index (χ4v) is 1.57. The van der Waals surface area contributed by atoms with Crippen molar-refractivity contribution in [2.75, 3.05) is 0 Å². The number of benzene rings is 1. The number of alkyl halides is 1. The maximum absolute atomic E-state index is 10.9. The Morgan fingerprint density at radius 2 is 1.47 bits per heavy atom. The molecule has 0 spiro atoms. The molecule has 0 atom stereocenters. The molecule has 3 heteroatoms. The van der Waals surface area contributed by atoms with Crippen molar-refractivity contribution < 1.29 is 4.73 Å². The molecule has 0 aliphatic rings. The highest BCUT2D eigenvalue weighted by atomic mass is 35.5. The third-order valence-electron chi connectivity index (χ3n) is 2.24. The summed E-state index contributed by atoms with van der Waals surface area (Å²) in [7, 11) is 0. The van der Waals surface area contributed by atoms with Gasteiger partial charge in [-0.05, 0) is 16.7 Å². The van der Waals surface area contributed by atoms with Crippen molar-refractivity contribution in [3.8, 4) is 11.1 Å². The average molecular weight is 220 g/mol. The van der Waals surface area contributed by atoms with Crippen molar-refractivity contribution >= 4 is 11.6 Å². The summed E-state index contributed by atoms with van der Waals surface area (Å²) in [5.74, 6) is 0.523. The van der Waals surface area contributed by atoms with E-state index in [2.05, 4.69) is 0 Å². The molecule has 2 nitrogen and oxygen atoms in total. The standard InChI is InChI=1S/C12H10ClNO/c13-9-10-1-3-11(4-2-10)12-5-7-14(15)8-6-12/h1-8H,9H2. The molecule has 1 aromatic carbocycles. The molecule has 0 N–H and O–H groups in total. The lowest BCUT2D eigenvalue weighted by Crippen LogP contribution is -2.23. The van der Waals surface area contributed by atoms with Gasteiger partial charge in [-0.1, -0.05) is 24.3 Å². The van der Waals surface area contributed by atoms with Gasteiger partial charge >= 0.3 is 0 Å². The van der Waals surface area contributed by atoms with E-state index in [1.165, 1.54) is 12.4 Å². The zero-order valence-electron chi connectivity index (χ0n) is 8.06. The van der Waals surface area contributed by atoms with Gasteiger partial charge in [-0.3, -0.25) is 0 Å². The van der Waals surface area contributed by atoms with Gasteiger partial charge in [-0.2, -0.15) is 4.73 Å². The van der Waals surface area contributed by atoms with Crippen LogP contribution in [0.1, 0.15) is 5.56 Å². The molecule has 0 fully saturated rings. The average Bonchev–Trinajstić information content (AvgIpc) is 2.30. The summed E-state index contributed by atoms with van der Waals surface area (Å²) in [6, 6.07) is 11.6. The van der Waals surface area contributed by atoms with Gasteiger partial charge in [0, 0.05) is 18.0 Å². The first kappa shape index (κ1) is 9.99. The maximum atomic E-state index is 10.9. The first-order valence-electron chi connectivity index (χ1n) is 4.64. The summed E-state index contributed by atoms with van der Waals surface area (Å²) in [6.45, 7) is 0. The first-order valence-corrected chi connectivity index (χ1v) is 5.17. The van der Waals surface area contributed by atoms with Crippen molar-refractivity contribution in [3.63, 3.8) is 0 Å². The molecule has 0 aliphatic carbocycles. The highest BCUT2D eigenvalue weighted by Crippen LogP contribution is 2.18. The number of hydrogen-bond donors (Lipinski definition) is 0. The molecule has 15 heavy (non-hydrogen) atoms. The second kappa shape index (κ2) is 4.32. The van der Waals surface area contributed by atoms with E-state index in [9.17, 15) is 5.21 Å². The van der Waals surface area contributed by atoms with Crippen LogP contribution in [0.15, 0.2) is 48.8 Å². The topological polar surface area (TPSA) is 26.9 Å². The summed E-state index contributed by atoms with van der Waals surface area (Å²) in [5, 5.41) is 10.9. The van der Waals surface area contributed by atoms with Gasteiger partial charge < -0.3 is 5.21 Å². The largest absolute Gasteiger partial charge is 0.619 e. The molecule has 76 valence electrons. The van der Waals surface area contributed by atoms with Gasteiger partial charge in [0.1, 0.15) is 0 Å². The fourth-order valence-electron chi connectivity index (χ4n) is 1.39. The third-order valence-corrected chi connectivity index (χ3v) is 2.55. The number of pyridine rings is 1. The van der Waals surface area contributed by atoms with E-state index in [4.69, 9.17) is 11.6 Å². The molecule has 0 radical (unpaired) electrons. The summed E-state index contributed by atoms with van der Waals surface area (Å²) in [4.78, 5) is 0. The van der Waals surface area contributed by atoms with Crippen LogP contribution in [0.3, 0.4) is 0 Å². The molecule has 0 bridgehead atoms. The van der Waals surface area contributed by atoms with Crippen LogP contribution in [0.4, 0.5) is 0 Å². The normalized spacial score (nSPS) is 10.2. The third kappa shape index (κ3) is 2.28. The fraction of sp³-hybridized carbons (Fsp3) is 0.0833. The lowest BCUT2D eigenvalue weighted by atomic mass is 10.1. The summed E-state index contributed by atoms with van der Waals surface area (Å²) in [6.07, 6.45) is 2.98. The number of nitrogens with zero attached hydrogens (tertiary/aromatic N) is 1. The zero-order valence-corrected chi connectivity index (χ0v) is 8.82. The molecule has 0 aliphatic heterocycles. The minimum absolute atomic E-state index is 0.523. The Labute approximate surface area is 93.3 Å². The van der Waals surface area contributed by atoms with Crippen LogP contribution in [0.25, 0.3) is 11.1 Å². The van der Waals surface area contributed by atoms with Gasteiger partial charge in [-0.25, -0.2) is 0 Å². The Kier molecular flexibility index (Phi) is 2.88. The number of hydrogen-bond acceptors (Lipinski definition) is 1. The van der Waals surface area contributed by atoms with Crippen molar-refractivity contribution in [2.45, 2.75) is 5.88 Å². The molecule has 2 aromatic rings. The molecule has 1 heterocycles. The number of aromatic nitrogens is 1. The second-order valence-corrected chi connectivity index (χ2v) is 3.54. The van der Waals surface area contributed by atoms with E-state index in [1.54, 1.807) is 12.1 Å². The Bertz CT molecular complexity index is 436. The van der Waals surface area contributed by atoms with Crippen LogP contribution in [0, 0.1) is 5.21 Å². The minimum atomic E-state index is 0.523. The van der Waals surface area contributed by atoms with E-state index in [0.717, 1.165) is 21.4 Å². The van der Waals surface area contributed by atoms with Gasteiger partial charge in [0.25, 0.3) is 0 Å². The Hall–Kier alpha value is -1.54. The molecule has 0 saturated carbocycles. The summed E-state index contributed by atoms with van der Waals surface area (Å²) in [5.41, 5.74) is 3.21. The van der Waals surface area contributed by atoms with Crippen molar-refractivity contribution in [1.82, 2.24) is 0 Å². The molecular formula is C12H10ClNO. The van der Waals surface area contributed by atoms with Crippen LogP contribution >= 0.6 is 11.6 Å². The van der Waals surface area contributed by atoms with E-state index in [-0.39, 0.29) is 0 Å². The van der Waals surface area contributed by atoms with Crippen LogP contribution in [0.2, 0.25) is 0 Å². The summed E-state index contributed by atoms with van der Waals surface area (Å²) >= 11 is 5.70. The van der Waals surface area contributed by atoms with E-state index < -0.39 is 0 Å². The number of rotatable bonds is 2. The van der Waals surface area contributed by atoms with Gasteiger partial charge in [-0.15, -0.1) is 11.6 Å². The molecule has 1 aromatic heterocycles. The molecule has 0 saturated heterocycles. The number of halogens is 1. The van der Waals surface area contributed by atoms with E-state index >= 15 is 0 Å². The van der Waals surface area contributed by atoms with Crippen LogP contribution < -0.4 is 4.73 Å². The van der Waals surface area contributed by atoms with Crippen molar-refractivity contribution in [2.24, 2.45) is 0 Å². The Morgan fingerprint density at radius 3 is 2.00 bits per heavy atom. The zero-order chi connectivity index (χ0) is 10.7. The smallest absolute Gasteiger partial charge is 0.180 e. The Morgan fingerprint density at radius 1 is 0.933 bits per heavy atom. The maximum Gasteiger partial charge on any atom is 0.180 e. The van der Waals surface area contributed by atoms with Crippen LogP contribution in [0.5, 0.6) is 0 Å². The quantitative estimate of drug-likeness (QED) is 0.434. The molecule has 2 rings (SSSR count).